The third-order valence-electron chi connectivity index (χ3n) is 3.19. The van der Waals surface area contributed by atoms with Gasteiger partial charge in [0.25, 0.3) is 10.0 Å². The zero-order valence-electron chi connectivity index (χ0n) is 15.6. The van der Waals surface area contributed by atoms with Gasteiger partial charge in [-0.1, -0.05) is 17.7 Å². The molecule has 0 aliphatic heterocycles. The van der Waals surface area contributed by atoms with Crippen molar-refractivity contribution in [2.24, 2.45) is 0 Å². The zero-order chi connectivity index (χ0) is 20.7. The van der Waals surface area contributed by atoms with Crippen molar-refractivity contribution >= 4 is 39.6 Å². The Bertz CT molecular complexity index is 921. The van der Waals surface area contributed by atoms with Crippen molar-refractivity contribution in [2.45, 2.75) is 31.7 Å². The van der Waals surface area contributed by atoms with Crippen LogP contribution in [0.5, 0.6) is 0 Å². The third kappa shape index (κ3) is 6.82. The summed E-state index contributed by atoms with van der Waals surface area (Å²) in [5, 5.41) is 5.81. The predicted molar refractivity (Wildman–Crippen MR) is 105 cm³/mol. The van der Waals surface area contributed by atoms with Gasteiger partial charge >= 0.3 is 6.09 Å². The zero-order valence-corrected chi connectivity index (χ0v) is 17.1. The van der Waals surface area contributed by atoms with E-state index >= 15 is 0 Å². The maximum absolute atomic E-state index is 12.1. The summed E-state index contributed by atoms with van der Waals surface area (Å²) in [7, 11) is -3.99. The number of nitrogens with zero attached hydrogens (tertiary/aromatic N) is 3. The van der Waals surface area contributed by atoms with E-state index in [2.05, 4.69) is 25.6 Å². The first-order valence-corrected chi connectivity index (χ1v) is 10.2. The Morgan fingerprint density at radius 2 is 1.79 bits per heavy atom. The molecule has 1 amide bonds. The van der Waals surface area contributed by atoms with E-state index in [4.69, 9.17) is 16.3 Å². The molecule has 0 saturated heterocycles. The van der Waals surface area contributed by atoms with Gasteiger partial charge < -0.3 is 15.4 Å². The third-order valence-corrected chi connectivity index (χ3v) is 4.69. The second-order valence-electron chi connectivity index (χ2n) is 6.03. The Morgan fingerprint density at radius 1 is 1.14 bits per heavy atom. The maximum atomic E-state index is 12.1. The van der Waals surface area contributed by atoms with Crippen molar-refractivity contribution in [2.75, 3.05) is 23.8 Å². The highest BCUT2D eigenvalue weighted by atomic mass is 35.5. The van der Waals surface area contributed by atoms with Gasteiger partial charge in [-0.2, -0.15) is 15.0 Å². The van der Waals surface area contributed by atoms with Crippen molar-refractivity contribution in [3.05, 3.63) is 35.1 Å². The van der Waals surface area contributed by atoms with Gasteiger partial charge in [0.05, 0.1) is 11.4 Å². The molecule has 0 radical (unpaired) electrons. The number of halogens is 1. The van der Waals surface area contributed by atoms with E-state index in [0.29, 0.717) is 5.95 Å². The number of carbonyl (C=O) groups excluding carboxylic acids is 1. The van der Waals surface area contributed by atoms with E-state index in [0.717, 1.165) is 5.56 Å². The molecule has 0 bridgehead atoms. The normalized spacial score (nSPS) is 11.2. The SMILES string of the molecule is Cc1ccc(S(=O)(=O)NC(=O)OCCNc2nc(Cl)nc(NC(C)C)n2)cc1. The van der Waals surface area contributed by atoms with Crippen molar-refractivity contribution < 1.29 is 17.9 Å². The average Bonchev–Trinajstić information content (AvgIpc) is 2.57. The molecule has 3 N–H and O–H groups in total. The summed E-state index contributed by atoms with van der Waals surface area (Å²) in [5.41, 5.74) is 0.901. The van der Waals surface area contributed by atoms with Gasteiger partial charge in [0.1, 0.15) is 6.61 Å². The Hall–Kier alpha value is -2.66. The Balaban J connectivity index is 1.82. The molecule has 1 heterocycles. The fourth-order valence-electron chi connectivity index (χ4n) is 1.97. The van der Waals surface area contributed by atoms with Crippen molar-refractivity contribution in [1.29, 1.82) is 0 Å². The van der Waals surface area contributed by atoms with Crippen molar-refractivity contribution in [3.63, 3.8) is 0 Å². The summed E-state index contributed by atoms with van der Waals surface area (Å²) < 4.78 is 30.9. The van der Waals surface area contributed by atoms with Crippen LogP contribution in [-0.2, 0) is 14.8 Å². The molecule has 0 fully saturated rings. The number of amides is 1. The van der Waals surface area contributed by atoms with Crippen LogP contribution < -0.4 is 15.4 Å². The Morgan fingerprint density at radius 3 is 2.43 bits per heavy atom. The van der Waals surface area contributed by atoms with Crippen LogP contribution in [0.1, 0.15) is 19.4 Å². The lowest BCUT2D eigenvalue weighted by Crippen LogP contribution is -2.32. The summed E-state index contributed by atoms with van der Waals surface area (Å²) in [6.07, 6.45) is -1.08. The molecule has 1 aromatic carbocycles. The summed E-state index contributed by atoms with van der Waals surface area (Å²) in [6, 6.07) is 6.17. The number of aryl methyl sites for hydroxylation is 1. The largest absolute Gasteiger partial charge is 0.447 e. The number of aromatic nitrogens is 3. The topological polar surface area (TPSA) is 135 Å². The van der Waals surface area contributed by atoms with Crippen LogP contribution in [-0.4, -0.2) is 48.7 Å². The number of sulfonamides is 1. The van der Waals surface area contributed by atoms with Gasteiger partial charge in [-0.15, -0.1) is 0 Å². The molecule has 0 spiro atoms. The fraction of sp³-hybridized carbons (Fsp3) is 0.375. The molecule has 0 aliphatic rings. The van der Waals surface area contributed by atoms with Crippen LogP contribution >= 0.6 is 11.6 Å². The van der Waals surface area contributed by atoms with Crippen LogP contribution in [0.25, 0.3) is 0 Å². The van der Waals surface area contributed by atoms with Crippen LogP contribution in [0.4, 0.5) is 16.7 Å². The average molecular weight is 429 g/mol. The van der Waals surface area contributed by atoms with Crippen LogP contribution in [0.15, 0.2) is 29.2 Å². The highest BCUT2D eigenvalue weighted by Crippen LogP contribution is 2.11. The summed E-state index contributed by atoms with van der Waals surface area (Å²) in [5.74, 6) is 0.500. The van der Waals surface area contributed by atoms with Gasteiger partial charge in [0, 0.05) is 6.04 Å². The van der Waals surface area contributed by atoms with Gasteiger partial charge in [0.2, 0.25) is 17.2 Å². The standard InChI is InChI=1S/C16H21ClN6O4S/c1-10(2)19-15-21-13(17)20-14(22-15)18-8-9-27-16(24)23-28(25,26)12-6-4-11(3)5-7-12/h4-7,10H,8-9H2,1-3H3,(H,23,24)(H2,18,19,20,21,22). The Kier molecular flexibility index (Phi) is 7.35. The fourth-order valence-corrected chi connectivity index (χ4v) is 3.02. The van der Waals surface area contributed by atoms with Crippen LogP contribution in [0, 0.1) is 6.92 Å². The Labute approximate surface area is 168 Å². The molecule has 152 valence electrons. The summed E-state index contributed by atoms with van der Waals surface area (Å²) in [6.45, 7) is 5.68. The van der Waals surface area contributed by atoms with Crippen molar-refractivity contribution in [1.82, 2.24) is 19.7 Å². The number of anilines is 2. The number of hydrogen-bond acceptors (Lipinski definition) is 9. The van der Waals surface area contributed by atoms with E-state index in [-0.39, 0.29) is 35.3 Å². The molecule has 0 unspecified atom stereocenters. The smallest absolute Gasteiger partial charge is 0.421 e. The van der Waals surface area contributed by atoms with E-state index < -0.39 is 16.1 Å². The number of hydrogen-bond donors (Lipinski definition) is 3. The second-order valence-corrected chi connectivity index (χ2v) is 8.05. The minimum atomic E-state index is -3.99. The van der Waals surface area contributed by atoms with Crippen molar-refractivity contribution in [3.8, 4) is 0 Å². The van der Waals surface area contributed by atoms with E-state index in [1.165, 1.54) is 12.1 Å². The number of ether oxygens (including phenoxy) is 1. The molecule has 28 heavy (non-hydrogen) atoms. The van der Waals surface area contributed by atoms with Crippen LogP contribution in [0.2, 0.25) is 5.28 Å². The first-order chi connectivity index (χ1) is 13.2. The molecule has 0 aliphatic carbocycles. The van der Waals surface area contributed by atoms with Crippen LogP contribution in [0.3, 0.4) is 0 Å². The van der Waals surface area contributed by atoms with Gasteiger partial charge in [-0.05, 0) is 44.5 Å². The maximum Gasteiger partial charge on any atom is 0.421 e. The van der Waals surface area contributed by atoms with E-state index in [1.807, 2.05) is 25.5 Å². The van der Waals surface area contributed by atoms with Gasteiger partial charge in [-0.25, -0.2) is 17.9 Å². The molecule has 2 rings (SSSR count). The predicted octanol–water partition coefficient (Wildman–Crippen LogP) is 2.18. The lowest BCUT2D eigenvalue weighted by Gasteiger charge is -2.11. The lowest BCUT2D eigenvalue weighted by atomic mass is 10.2. The van der Waals surface area contributed by atoms with E-state index in [1.54, 1.807) is 12.1 Å². The second kappa shape index (κ2) is 9.51. The molecule has 2 aromatic rings. The van der Waals surface area contributed by atoms with E-state index in [9.17, 15) is 13.2 Å². The molecule has 0 atom stereocenters. The highest BCUT2D eigenvalue weighted by molar-refractivity contribution is 7.90. The van der Waals surface area contributed by atoms with Gasteiger partial charge in [0.15, 0.2) is 0 Å². The quantitative estimate of drug-likeness (QED) is 0.540. The number of carbonyl (C=O) groups is 1. The van der Waals surface area contributed by atoms with Gasteiger partial charge in [-0.3, -0.25) is 0 Å². The molecule has 0 saturated carbocycles. The molecular weight excluding hydrogens is 408 g/mol. The minimum absolute atomic E-state index is 0.00324. The number of benzene rings is 1. The number of rotatable bonds is 8. The monoisotopic (exact) mass is 428 g/mol. The number of nitrogens with one attached hydrogen (secondary N) is 3. The molecular formula is C16H21ClN6O4S. The molecule has 12 heteroatoms. The first-order valence-electron chi connectivity index (χ1n) is 8.34. The highest BCUT2D eigenvalue weighted by Gasteiger charge is 2.18. The summed E-state index contributed by atoms with van der Waals surface area (Å²) in [4.78, 5) is 23.7. The lowest BCUT2D eigenvalue weighted by molar-refractivity contribution is 0.157. The summed E-state index contributed by atoms with van der Waals surface area (Å²) >= 11 is 5.83. The molecule has 10 nitrogen and oxygen atoms in total. The first kappa shape index (κ1) is 21.6. The minimum Gasteiger partial charge on any atom is -0.447 e. The molecule has 1 aromatic heterocycles.